The molecule has 2 N–H and O–H groups in total. The molecule has 0 saturated carbocycles. The van der Waals surface area contributed by atoms with E-state index in [1.807, 2.05) is 32.3 Å². The number of aryl methyl sites for hydroxylation is 2. The van der Waals surface area contributed by atoms with Gasteiger partial charge in [-0.3, -0.25) is 9.48 Å². The molecule has 2 rings (SSSR count). The Morgan fingerprint density at radius 2 is 2.35 bits per heavy atom. The van der Waals surface area contributed by atoms with Crippen LogP contribution in [0.15, 0.2) is 18.3 Å². The average Bonchev–Trinajstić information content (AvgIpc) is 2.84. The van der Waals surface area contributed by atoms with Gasteiger partial charge >= 0.3 is 5.97 Å². The van der Waals surface area contributed by atoms with E-state index in [9.17, 15) is 4.79 Å². The highest BCUT2D eigenvalue weighted by atomic mass is 16.4. The van der Waals surface area contributed by atoms with E-state index < -0.39 is 5.97 Å². The van der Waals surface area contributed by atoms with Crippen LogP contribution in [0.5, 0.6) is 0 Å². The van der Waals surface area contributed by atoms with Crippen molar-refractivity contribution >= 4 is 5.97 Å². The number of H-pyrrole nitrogens is 1. The number of aromatic amines is 1. The number of aliphatic carboxylic acids is 1. The van der Waals surface area contributed by atoms with Gasteiger partial charge in [0.05, 0.1) is 23.5 Å². The van der Waals surface area contributed by atoms with Gasteiger partial charge in [0.2, 0.25) is 0 Å². The monoisotopic (exact) mass is 233 g/mol. The first-order valence-corrected chi connectivity index (χ1v) is 5.47. The fourth-order valence-electron chi connectivity index (χ4n) is 2.00. The van der Waals surface area contributed by atoms with E-state index >= 15 is 0 Å². The van der Waals surface area contributed by atoms with E-state index in [0.29, 0.717) is 6.42 Å². The smallest absolute Gasteiger partial charge is 0.303 e. The van der Waals surface area contributed by atoms with Crippen molar-refractivity contribution < 1.29 is 9.90 Å². The van der Waals surface area contributed by atoms with Crippen LogP contribution in [-0.2, 0) is 18.3 Å². The van der Waals surface area contributed by atoms with E-state index in [2.05, 4.69) is 10.1 Å². The Balaban J connectivity index is 2.32. The summed E-state index contributed by atoms with van der Waals surface area (Å²) in [6.07, 6.45) is 2.44. The van der Waals surface area contributed by atoms with Crippen LogP contribution >= 0.6 is 0 Å². The molecule has 2 aromatic rings. The molecule has 0 spiro atoms. The molecule has 0 aliphatic rings. The Labute approximate surface area is 99.1 Å². The van der Waals surface area contributed by atoms with Gasteiger partial charge in [0.1, 0.15) is 0 Å². The van der Waals surface area contributed by atoms with Crippen LogP contribution < -0.4 is 0 Å². The predicted octanol–water partition coefficient (Wildman–Crippen LogP) is 1.74. The summed E-state index contributed by atoms with van der Waals surface area (Å²) in [7, 11) is 1.87. The van der Waals surface area contributed by atoms with E-state index in [1.54, 1.807) is 4.68 Å². The SMILES string of the molecule is Cc1c(CCC(=O)O)nn(C)c1-c1ccc[nH]1. The molecule has 0 aromatic carbocycles. The number of rotatable bonds is 4. The lowest BCUT2D eigenvalue weighted by Crippen LogP contribution is -1.99. The molecular formula is C12H15N3O2. The molecule has 0 bridgehead atoms. The molecular weight excluding hydrogens is 218 g/mol. The topological polar surface area (TPSA) is 70.9 Å². The molecule has 90 valence electrons. The third-order valence-corrected chi connectivity index (χ3v) is 2.81. The molecule has 0 radical (unpaired) electrons. The number of aromatic nitrogens is 3. The van der Waals surface area contributed by atoms with Crippen molar-refractivity contribution in [1.29, 1.82) is 0 Å². The molecule has 2 aromatic heterocycles. The van der Waals surface area contributed by atoms with Gasteiger partial charge in [-0.2, -0.15) is 5.10 Å². The summed E-state index contributed by atoms with van der Waals surface area (Å²) in [5.41, 5.74) is 3.89. The fourth-order valence-corrected chi connectivity index (χ4v) is 2.00. The van der Waals surface area contributed by atoms with Gasteiger partial charge in [-0.15, -0.1) is 0 Å². The first kappa shape index (κ1) is 11.4. The van der Waals surface area contributed by atoms with Gasteiger partial charge < -0.3 is 10.1 Å². The largest absolute Gasteiger partial charge is 0.481 e. The molecule has 0 aliphatic heterocycles. The number of nitrogens with one attached hydrogen (secondary N) is 1. The zero-order valence-corrected chi connectivity index (χ0v) is 9.90. The van der Waals surface area contributed by atoms with Crippen molar-refractivity contribution in [1.82, 2.24) is 14.8 Å². The summed E-state index contributed by atoms with van der Waals surface area (Å²) in [6, 6.07) is 3.91. The van der Waals surface area contributed by atoms with Crippen LogP contribution in [0.2, 0.25) is 0 Å². The lowest BCUT2D eigenvalue weighted by Gasteiger charge is -2.00. The third-order valence-electron chi connectivity index (χ3n) is 2.81. The molecule has 17 heavy (non-hydrogen) atoms. The summed E-state index contributed by atoms with van der Waals surface area (Å²) >= 11 is 0. The second-order valence-electron chi connectivity index (χ2n) is 4.02. The zero-order chi connectivity index (χ0) is 12.4. The van der Waals surface area contributed by atoms with Crippen molar-refractivity contribution in [3.05, 3.63) is 29.6 Å². The normalized spacial score (nSPS) is 10.7. The Bertz CT molecular complexity index is 526. The van der Waals surface area contributed by atoms with Gasteiger partial charge in [0.25, 0.3) is 0 Å². The Morgan fingerprint density at radius 3 is 2.94 bits per heavy atom. The molecule has 0 fully saturated rings. The maximum Gasteiger partial charge on any atom is 0.303 e. The number of carbonyl (C=O) groups is 1. The van der Waals surface area contributed by atoms with Crippen LogP contribution in [0, 0.1) is 6.92 Å². The molecule has 0 atom stereocenters. The fraction of sp³-hybridized carbons (Fsp3) is 0.333. The maximum absolute atomic E-state index is 10.6. The second kappa shape index (κ2) is 4.45. The number of nitrogens with zero attached hydrogens (tertiary/aromatic N) is 2. The quantitative estimate of drug-likeness (QED) is 0.845. The number of carboxylic acids is 1. The minimum atomic E-state index is -0.795. The third kappa shape index (κ3) is 2.22. The van der Waals surface area contributed by atoms with Crippen LogP contribution in [0.4, 0.5) is 0 Å². The van der Waals surface area contributed by atoms with Crippen LogP contribution in [-0.4, -0.2) is 25.8 Å². The first-order chi connectivity index (χ1) is 8.09. The Morgan fingerprint density at radius 1 is 1.59 bits per heavy atom. The van der Waals surface area contributed by atoms with Gasteiger partial charge in [0.15, 0.2) is 0 Å². The van der Waals surface area contributed by atoms with Gasteiger partial charge in [-0.25, -0.2) is 0 Å². The highest BCUT2D eigenvalue weighted by Crippen LogP contribution is 2.24. The summed E-state index contributed by atoms with van der Waals surface area (Å²) < 4.78 is 1.79. The molecule has 0 saturated heterocycles. The summed E-state index contributed by atoms with van der Waals surface area (Å²) in [5, 5.41) is 13.1. The van der Waals surface area contributed by atoms with Gasteiger partial charge in [0, 0.05) is 19.7 Å². The summed E-state index contributed by atoms with van der Waals surface area (Å²) in [5.74, 6) is -0.795. The van der Waals surface area contributed by atoms with Gasteiger partial charge in [-0.1, -0.05) is 0 Å². The molecule has 5 heteroatoms. The summed E-state index contributed by atoms with van der Waals surface area (Å²) in [4.78, 5) is 13.7. The molecule has 0 amide bonds. The Kier molecular flexibility index (Phi) is 2.99. The summed E-state index contributed by atoms with van der Waals surface area (Å²) in [6.45, 7) is 1.97. The number of hydrogen-bond donors (Lipinski definition) is 2. The van der Waals surface area contributed by atoms with E-state index in [0.717, 1.165) is 22.6 Å². The van der Waals surface area contributed by atoms with E-state index in [1.165, 1.54) is 0 Å². The Hall–Kier alpha value is -2.04. The van der Waals surface area contributed by atoms with Crippen LogP contribution in [0.3, 0.4) is 0 Å². The van der Waals surface area contributed by atoms with Crippen LogP contribution in [0.1, 0.15) is 17.7 Å². The second-order valence-corrected chi connectivity index (χ2v) is 4.02. The average molecular weight is 233 g/mol. The lowest BCUT2D eigenvalue weighted by atomic mass is 10.1. The van der Waals surface area contributed by atoms with Gasteiger partial charge in [-0.05, 0) is 24.6 Å². The van der Waals surface area contributed by atoms with E-state index in [4.69, 9.17) is 5.11 Å². The van der Waals surface area contributed by atoms with E-state index in [-0.39, 0.29) is 6.42 Å². The number of hydrogen-bond acceptors (Lipinski definition) is 2. The predicted molar refractivity (Wildman–Crippen MR) is 63.7 cm³/mol. The van der Waals surface area contributed by atoms with Crippen molar-refractivity contribution in [3.63, 3.8) is 0 Å². The minimum absolute atomic E-state index is 0.113. The first-order valence-electron chi connectivity index (χ1n) is 5.47. The maximum atomic E-state index is 10.6. The molecule has 0 unspecified atom stereocenters. The molecule has 5 nitrogen and oxygen atoms in total. The van der Waals surface area contributed by atoms with Crippen LogP contribution in [0.25, 0.3) is 11.4 Å². The lowest BCUT2D eigenvalue weighted by molar-refractivity contribution is -0.136. The number of carboxylic acid groups (broad SMARTS) is 1. The zero-order valence-electron chi connectivity index (χ0n) is 9.90. The highest BCUT2D eigenvalue weighted by molar-refractivity contribution is 5.67. The standard InChI is InChI=1S/C12H15N3O2/c1-8-9(5-6-11(16)17)14-15(2)12(8)10-4-3-7-13-10/h3-4,7,13H,5-6H2,1-2H3,(H,16,17). The van der Waals surface area contributed by atoms with Crippen molar-refractivity contribution in [3.8, 4) is 11.4 Å². The molecule has 0 aliphatic carbocycles. The molecule has 2 heterocycles. The van der Waals surface area contributed by atoms with Crippen molar-refractivity contribution in [2.75, 3.05) is 0 Å². The van der Waals surface area contributed by atoms with Crippen molar-refractivity contribution in [2.24, 2.45) is 7.05 Å². The van der Waals surface area contributed by atoms with Crippen molar-refractivity contribution in [2.45, 2.75) is 19.8 Å². The highest BCUT2D eigenvalue weighted by Gasteiger charge is 2.15. The minimum Gasteiger partial charge on any atom is -0.481 e.